The topological polar surface area (TPSA) is 43.5 Å². The van der Waals surface area contributed by atoms with Crippen LogP contribution in [0.4, 0.5) is 0 Å². The van der Waals surface area contributed by atoms with Gasteiger partial charge in [-0.15, -0.1) is 0 Å². The van der Waals surface area contributed by atoms with Crippen LogP contribution in [0.15, 0.2) is 10.7 Å². The zero-order valence-electron chi connectivity index (χ0n) is 5.30. The van der Waals surface area contributed by atoms with Gasteiger partial charge in [0.1, 0.15) is 11.9 Å². The first-order valence-corrected chi connectivity index (χ1v) is 2.60. The first kappa shape index (κ1) is 6.01. The summed E-state index contributed by atoms with van der Waals surface area (Å²) in [7, 11) is 0. The van der Waals surface area contributed by atoms with E-state index >= 15 is 0 Å². The maximum atomic E-state index is 10.6. The lowest BCUT2D eigenvalue weighted by Crippen LogP contribution is -2.24. The third-order valence-corrected chi connectivity index (χ3v) is 0.964. The lowest BCUT2D eigenvalue weighted by atomic mass is 10.3. The molecule has 2 radical (unpaired) electrons. The number of aliphatic imine (C=N–C) groups is 1. The highest BCUT2D eigenvalue weighted by Crippen LogP contribution is 1.96. The number of hydrogen-bond donors (Lipinski definition) is 0. The average Bonchev–Trinajstić information content (AvgIpc) is 1.80. The van der Waals surface area contributed by atoms with Gasteiger partial charge in [-0.2, -0.15) is 0 Å². The smallest absolute Gasteiger partial charge is 0.265 e. The van der Waals surface area contributed by atoms with Gasteiger partial charge in [-0.3, -0.25) is 4.79 Å². The Morgan fingerprint density at radius 3 is 2.56 bits per heavy atom. The number of nitrogens with zero attached hydrogens (tertiary/aromatic N) is 2. The monoisotopic (exact) mass is 122 g/mol. The highest BCUT2D eigenvalue weighted by Gasteiger charge is 2.11. The maximum Gasteiger partial charge on any atom is 0.291 e. The van der Waals surface area contributed by atoms with E-state index in [2.05, 4.69) is 16.5 Å². The third-order valence-electron chi connectivity index (χ3n) is 0.964. The van der Waals surface area contributed by atoms with Crippen LogP contribution in [0.2, 0.25) is 0 Å². The molecule has 0 atom stereocenters. The predicted octanol–water partition coefficient (Wildman–Crippen LogP) is 0.256. The fourth-order valence-corrected chi connectivity index (χ4v) is 0.471. The van der Waals surface area contributed by atoms with Gasteiger partial charge in [-0.25, -0.2) is 10.3 Å². The van der Waals surface area contributed by atoms with Gasteiger partial charge >= 0.3 is 0 Å². The lowest BCUT2D eigenvalue weighted by molar-refractivity contribution is -0.114. The van der Waals surface area contributed by atoms with E-state index in [4.69, 9.17) is 0 Å². The summed E-state index contributed by atoms with van der Waals surface area (Å²) in [5.74, 6) is -0.258. The number of amides is 1. The van der Waals surface area contributed by atoms with Crippen molar-refractivity contribution >= 4 is 11.6 Å². The second-order valence-corrected chi connectivity index (χ2v) is 1.81. The predicted molar refractivity (Wildman–Crippen MR) is 32.7 cm³/mol. The van der Waals surface area contributed by atoms with Crippen LogP contribution >= 0.6 is 0 Å². The van der Waals surface area contributed by atoms with Gasteiger partial charge in [0.05, 0.1) is 5.70 Å². The molecule has 3 nitrogen and oxygen atoms in total. The van der Waals surface area contributed by atoms with E-state index < -0.39 is 0 Å². The van der Waals surface area contributed by atoms with E-state index in [1.54, 1.807) is 13.8 Å². The van der Waals surface area contributed by atoms with Crippen LogP contribution < -0.4 is 5.32 Å². The molecule has 1 rings (SSSR count). The Morgan fingerprint density at radius 1 is 1.44 bits per heavy atom. The molecule has 0 saturated heterocycles. The van der Waals surface area contributed by atoms with Crippen LogP contribution in [0.5, 0.6) is 0 Å². The van der Waals surface area contributed by atoms with Crippen LogP contribution in [0.25, 0.3) is 0 Å². The standard InChI is InChI=1S/C6H6N2O/c1-4-3-7-5(2)6(9)8-4/h1-2H3. The minimum Gasteiger partial charge on any atom is -0.265 e. The normalized spacial score (nSPS) is 18.2. The molecule has 0 aromatic rings. The summed E-state index contributed by atoms with van der Waals surface area (Å²) in [6.45, 7) is 3.30. The molecule has 0 spiro atoms. The Kier molecular flexibility index (Phi) is 1.34. The Labute approximate surface area is 53.5 Å². The summed E-state index contributed by atoms with van der Waals surface area (Å²) < 4.78 is 0. The number of hydrogen-bond acceptors (Lipinski definition) is 2. The number of carbonyl (C=O) groups excluding carboxylic acids is 1. The molecule has 1 heterocycles. The van der Waals surface area contributed by atoms with Gasteiger partial charge in [0.15, 0.2) is 0 Å². The first-order chi connectivity index (χ1) is 4.20. The second kappa shape index (κ2) is 2.01. The Hall–Kier alpha value is -1.12. The van der Waals surface area contributed by atoms with Crippen LogP contribution in [-0.4, -0.2) is 11.6 Å². The highest BCUT2D eigenvalue weighted by atomic mass is 16.1. The molecule has 0 bridgehead atoms. The van der Waals surface area contributed by atoms with Crippen molar-refractivity contribution in [1.29, 1.82) is 0 Å². The van der Waals surface area contributed by atoms with Crippen molar-refractivity contribution in [3.63, 3.8) is 0 Å². The van der Waals surface area contributed by atoms with E-state index in [1.165, 1.54) is 0 Å². The molecule has 0 aromatic heterocycles. The van der Waals surface area contributed by atoms with Crippen molar-refractivity contribution in [2.75, 3.05) is 0 Å². The van der Waals surface area contributed by atoms with E-state index in [0.717, 1.165) is 0 Å². The van der Waals surface area contributed by atoms with Gasteiger partial charge in [0.2, 0.25) is 0 Å². The Balaban J connectivity index is 2.86. The molecule has 0 fully saturated rings. The van der Waals surface area contributed by atoms with Gasteiger partial charge in [0.25, 0.3) is 5.91 Å². The van der Waals surface area contributed by atoms with Crippen molar-refractivity contribution in [3.8, 4) is 0 Å². The minimum atomic E-state index is -0.258. The van der Waals surface area contributed by atoms with Crippen molar-refractivity contribution in [1.82, 2.24) is 5.32 Å². The molecular formula is C6H6N2O. The summed E-state index contributed by atoms with van der Waals surface area (Å²) in [6.07, 6.45) is 2.58. The largest absolute Gasteiger partial charge is 0.291 e. The molecule has 0 aromatic carbocycles. The van der Waals surface area contributed by atoms with Gasteiger partial charge in [-0.05, 0) is 13.8 Å². The summed E-state index contributed by atoms with van der Waals surface area (Å²) in [5, 5.41) is 3.60. The quantitative estimate of drug-likeness (QED) is 0.454. The highest BCUT2D eigenvalue weighted by molar-refractivity contribution is 6.38. The molecule has 1 aliphatic rings. The molecule has 0 N–H and O–H groups in total. The fourth-order valence-electron chi connectivity index (χ4n) is 0.471. The molecule has 0 saturated carbocycles. The average molecular weight is 122 g/mol. The minimum absolute atomic E-state index is 0.258. The van der Waals surface area contributed by atoms with Crippen molar-refractivity contribution < 1.29 is 4.79 Å². The van der Waals surface area contributed by atoms with E-state index in [-0.39, 0.29) is 5.91 Å². The Bertz CT molecular complexity index is 203. The van der Waals surface area contributed by atoms with Crippen molar-refractivity contribution in [2.24, 2.45) is 4.99 Å². The summed E-state index contributed by atoms with van der Waals surface area (Å²) in [5.41, 5.74) is 0.950. The summed E-state index contributed by atoms with van der Waals surface area (Å²) >= 11 is 0. The molecule has 1 amide bonds. The number of carbonyl (C=O) groups is 1. The van der Waals surface area contributed by atoms with E-state index in [9.17, 15) is 4.79 Å². The van der Waals surface area contributed by atoms with Gasteiger partial charge in [0, 0.05) is 0 Å². The zero-order valence-corrected chi connectivity index (χ0v) is 5.30. The summed E-state index contributed by atoms with van der Waals surface area (Å²) in [6, 6.07) is 0. The second-order valence-electron chi connectivity index (χ2n) is 1.81. The van der Waals surface area contributed by atoms with Crippen molar-refractivity contribution in [2.45, 2.75) is 13.8 Å². The fraction of sp³-hybridized carbons (Fsp3) is 0.333. The number of allylic oxidation sites excluding steroid dienone is 1. The van der Waals surface area contributed by atoms with Crippen LogP contribution in [0, 0.1) is 6.20 Å². The SMILES string of the molecule is CC1=[C]N=C(C)C(=O)[N]1. The molecule has 1 aliphatic heterocycles. The third kappa shape index (κ3) is 1.16. The Morgan fingerprint density at radius 2 is 2.11 bits per heavy atom. The molecular weight excluding hydrogens is 116 g/mol. The van der Waals surface area contributed by atoms with Crippen LogP contribution in [0.3, 0.4) is 0 Å². The molecule has 3 heteroatoms. The lowest BCUT2D eigenvalue weighted by Gasteiger charge is -2.02. The maximum absolute atomic E-state index is 10.6. The van der Waals surface area contributed by atoms with Crippen molar-refractivity contribution in [3.05, 3.63) is 11.9 Å². The first-order valence-electron chi connectivity index (χ1n) is 2.60. The molecule has 0 aliphatic carbocycles. The molecule has 0 unspecified atom stereocenters. The molecule has 46 valence electrons. The van der Waals surface area contributed by atoms with Crippen LogP contribution in [-0.2, 0) is 4.79 Å². The molecule has 9 heavy (non-hydrogen) atoms. The zero-order chi connectivity index (χ0) is 6.85. The number of rotatable bonds is 0. The van der Waals surface area contributed by atoms with E-state index in [1.807, 2.05) is 0 Å². The van der Waals surface area contributed by atoms with Gasteiger partial charge < -0.3 is 0 Å². The van der Waals surface area contributed by atoms with E-state index in [0.29, 0.717) is 11.4 Å². The summed E-state index contributed by atoms with van der Waals surface area (Å²) in [4.78, 5) is 14.3. The van der Waals surface area contributed by atoms with Crippen LogP contribution in [0.1, 0.15) is 13.8 Å². The van der Waals surface area contributed by atoms with Gasteiger partial charge in [-0.1, -0.05) is 0 Å².